The number of nitrogens with two attached hydrogens (primary N) is 1. The van der Waals surface area contributed by atoms with Gasteiger partial charge >= 0.3 is 0 Å². The van der Waals surface area contributed by atoms with E-state index >= 15 is 0 Å². The highest BCUT2D eigenvalue weighted by atomic mass is 19.1. The topological polar surface area (TPSA) is 60.9 Å². The first-order valence-electron chi connectivity index (χ1n) is 4.98. The van der Waals surface area contributed by atoms with Crippen LogP contribution in [0, 0.1) is 5.82 Å². The minimum atomic E-state index is -0.469. The van der Waals surface area contributed by atoms with Crippen LogP contribution in [0.2, 0.25) is 0 Å². The third-order valence-electron chi connectivity index (χ3n) is 2.41. The molecule has 0 bridgehead atoms. The van der Waals surface area contributed by atoms with E-state index in [1.165, 1.54) is 12.1 Å². The smallest absolute Gasteiger partial charge is 0.279 e. The van der Waals surface area contributed by atoms with Crippen LogP contribution in [-0.4, -0.2) is 9.66 Å². The largest absolute Gasteiger partial charge is 0.335 e. The van der Waals surface area contributed by atoms with E-state index < -0.39 is 11.4 Å². The molecule has 5 heteroatoms. The number of benzene rings is 1. The molecule has 0 radical (unpaired) electrons. The van der Waals surface area contributed by atoms with Gasteiger partial charge in [-0.05, 0) is 18.2 Å². The summed E-state index contributed by atoms with van der Waals surface area (Å²) in [6, 6.07) is 3.91. The quantitative estimate of drug-likeness (QED) is 0.740. The van der Waals surface area contributed by atoms with E-state index in [9.17, 15) is 9.18 Å². The van der Waals surface area contributed by atoms with Crippen LogP contribution in [0.5, 0.6) is 0 Å². The Balaban J connectivity index is 2.88. The van der Waals surface area contributed by atoms with Crippen molar-refractivity contribution < 1.29 is 4.39 Å². The van der Waals surface area contributed by atoms with E-state index in [1.54, 1.807) is 0 Å². The van der Waals surface area contributed by atoms with Crippen molar-refractivity contribution in [2.75, 3.05) is 5.84 Å². The van der Waals surface area contributed by atoms with Crippen LogP contribution in [0.1, 0.15) is 25.6 Å². The van der Waals surface area contributed by atoms with Crippen molar-refractivity contribution in [2.45, 2.75) is 19.8 Å². The summed E-state index contributed by atoms with van der Waals surface area (Å²) in [5.74, 6) is 5.67. The van der Waals surface area contributed by atoms with Gasteiger partial charge in [-0.3, -0.25) is 4.79 Å². The zero-order chi connectivity index (χ0) is 11.9. The maximum Gasteiger partial charge on any atom is 0.279 e. The molecular weight excluding hydrogens is 209 g/mol. The van der Waals surface area contributed by atoms with Crippen molar-refractivity contribution in [3.8, 4) is 0 Å². The molecule has 4 nitrogen and oxygen atoms in total. The number of nitrogen functional groups attached to an aromatic ring is 1. The molecule has 0 unspecified atom stereocenters. The van der Waals surface area contributed by atoms with Crippen LogP contribution in [0.15, 0.2) is 23.0 Å². The van der Waals surface area contributed by atoms with Gasteiger partial charge in [-0.1, -0.05) is 13.8 Å². The molecule has 0 atom stereocenters. The monoisotopic (exact) mass is 221 g/mol. The highest BCUT2D eigenvalue weighted by molar-refractivity contribution is 5.77. The lowest BCUT2D eigenvalue weighted by Gasteiger charge is -2.11. The molecule has 0 spiro atoms. The van der Waals surface area contributed by atoms with E-state index in [2.05, 4.69) is 4.98 Å². The lowest BCUT2D eigenvalue weighted by Crippen LogP contribution is -2.32. The molecule has 1 aromatic carbocycles. The minimum Gasteiger partial charge on any atom is -0.335 e. The first-order chi connectivity index (χ1) is 7.50. The molecule has 1 heterocycles. The molecule has 16 heavy (non-hydrogen) atoms. The number of aromatic nitrogens is 2. The second-order valence-corrected chi connectivity index (χ2v) is 3.96. The highest BCUT2D eigenvalue weighted by Gasteiger charge is 2.11. The zero-order valence-corrected chi connectivity index (χ0v) is 9.07. The summed E-state index contributed by atoms with van der Waals surface area (Å²) < 4.78 is 14.0. The van der Waals surface area contributed by atoms with Gasteiger partial charge in [-0.25, -0.2) is 14.1 Å². The fraction of sp³-hybridized carbons (Fsp3) is 0.273. The van der Waals surface area contributed by atoms with Crippen LogP contribution < -0.4 is 11.4 Å². The van der Waals surface area contributed by atoms with Crippen LogP contribution in [0.25, 0.3) is 10.9 Å². The Bertz CT molecular complexity index is 604. The molecule has 0 saturated carbocycles. The summed E-state index contributed by atoms with van der Waals surface area (Å²) in [5.41, 5.74) is 0.0463. The van der Waals surface area contributed by atoms with Crippen molar-refractivity contribution >= 4 is 10.9 Å². The third-order valence-corrected chi connectivity index (χ3v) is 2.41. The number of nitrogens with zero attached hydrogens (tertiary/aromatic N) is 2. The highest BCUT2D eigenvalue weighted by Crippen LogP contribution is 2.14. The van der Waals surface area contributed by atoms with Gasteiger partial charge < -0.3 is 5.84 Å². The number of rotatable bonds is 1. The first kappa shape index (κ1) is 10.6. The van der Waals surface area contributed by atoms with Crippen LogP contribution in [0.4, 0.5) is 4.39 Å². The maximum atomic E-state index is 13.0. The molecule has 0 aliphatic carbocycles. The van der Waals surface area contributed by atoms with Gasteiger partial charge in [0.05, 0.1) is 10.9 Å². The fourth-order valence-corrected chi connectivity index (χ4v) is 1.60. The van der Waals surface area contributed by atoms with Crippen LogP contribution in [-0.2, 0) is 0 Å². The zero-order valence-electron chi connectivity index (χ0n) is 9.07. The maximum absolute atomic E-state index is 13.0. The van der Waals surface area contributed by atoms with E-state index in [0.717, 1.165) is 10.7 Å². The fourth-order valence-electron chi connectivity index (χ4n) is 1.60. The van der Waals surface area contributed by atoms with Crippen molar-refractivity contribution in [2.24, 2.45) is 0 Å². The molecule has 84 valence electrons. The Morgan fingerprint density at radius 2 is 2.12 bits per heavy atom. The van der Waals surface area contributed by atoms with E-state index in [0.29, 0.717) is 11.3 Å². The summed E-state index contributed by atoms with van der Waals surface area (Å²) in [5, 5.41) is 0.201. The number of hydrogen-bond donors (Lipinski definition) is 1. The molecule has 0 saturated heterocycles. The molecular formula is C11H12FN3O. The van der Waals surface area contributed by atoms with Crippen LogP contribution in [0.3, 0.4) is 0 Å². The Labute approximate surface area is 91.5 Å². The molecule has 0 aliphatic heterocycles. The number of fused-ring (bicyclic) bond motifs is 1. The summed E-state index contributed by atoms with van der Waals surface area (Å²) in [4.78, 5) is 16.1. The predicted molar refractivity (Wildman–Crippen MR) is 60.2 cm³/mol. The Kier molecular flexibility index (Phi) is 2.38. The van der Waals surface area contributed by atoms with Crippen molar-refractivity contribution in [3.05, 3.63) is 40.2 Å². The minimum absolute atomic E-state index is 0.0344. The van der Waals surface area contributed by atoms with E-state index in [1.807, 2.05) is 13.8 Å². The van der Waals surface area contributed by atoms with Crippen LogP contribution >= 0.6 is 0 Å². The predicted octanol–water partition coefficient (Wildman–Crippen LogP) is 1.37. The third kappa shape index (κ3) is 1.54. The summed E-state index contributed by atoms with van der Waals surface area (Å²) >= 11 is 0. The standard InChI is InChI=1S/C11H12FN3O/c1-6(2)10-14-9-4-3-7(12)5-8(9)11(16)15(10)13/h3-6H,13H2,1-2H3. The average Bonchev–Trinajstić information content (AvgIpc) is 2.23. The van der Waals surface area contributed by atoms with E-state index in [-0.39, 0.29) is 11.3 Å². The molecule has 1 aromatic heterocycles. The SMILES string of the molecule is CC(C)c1nc2ccc(F)cc2c(=O)n1N. The van der Waals surface area contributed by atoms with Gasteiger partial charge in [-0.15, -0.1) is 0 Å². The van der Waals surface area contributed by atoms with Gasteiger partial charge in [0.1, 0.15) is 11.6 Å². The van der Waals surface area contributed by atoms with Gasteiger partial charge in [0.25, 0.3) is 5.56 Å². The van der Waals surface area contributed by atoms with Crippen molar-refractivity contribution in [1.82, 2.24) is 9.66 Å². The second-order valence-electron chi connectivity index (χ2n) is 3.96. The number of hydrogen-bond acceptors (Lipinski definition) is 3. The molecule has 2 N–H and O–H groups in total. The number of halogens is 1. The van der Waals surface area contributed by atoms with Gasteiger partial charge in [0, 0.05) is 5.92 Å². The molecule has 0 aliphatic rings. The normalized spacial score (nSPS) is 11.2. The summed E-state index contributed by atoms with van der Waals surface area (Å²) in [7, 11) is 0. The lowest BCUT2D eigenvalue weighted by molar-refractivity contribution is 0.628. The van der Waals surface area contributed by atoms with Crippen molar-refractivity contribution in [1.29, 1.82) is 0 Å². The van der Waals surface area contributed by atoms with Gasteiger partial charge in [0.15, 0.2) is 0 Å². The van der Waals surface area contributed by atoms with Crippen molar-refractivity contribution in [3.63, 3.8) is 0 Å². The van der Waals surface area contributed by atoms with Gasteiger partial charge in [-0.2, -0.15) is 0 Å². The first-order valence-corrected chi connectivity index (χ1v) is 4.98. The molecule has 0 fully saturated rings. The summed E-state index contributed by atoms with van der Waals surface area (Å²) in [6.45, 7) is 3.78. The average molecular weight is 221 g/mol. The Hall–Kier alpha value is -1.91. The molecule has 2 rings (SSSR count). The summed E-state index contributed by atoms with van der Waals surface area (Å²) in [6.07, 6.45) is 0. The molecule has 2 aromatic rings. The Morgan fingerprint density at radius 1 is 1.44 bits per heavy atom. The molecule has 0 amide bonds. The lowest BCUT2D eigenvalue weighted by atomic mass is 10.2. The second kappa shape index (κ2) is 3.59. The Morgan fingerprint density at radius 3 is 2.75 bits per heavy atom. The van der Waals surface area contributed by atoms with Gasteiger partial charge in [0.2, 0.25) is 0 Å². The van der Waals surface area contributed by atoms with E-state index in [4.69, 9.17) is 5.84 Å².